The molecule has 2 N–H and O–H groups in total. The SMILES string of the molecule is COc1ccccc1COCC(C)(C)N. The molecule has 1 aromatic rings. The van der Waals surface area contributed by atoms with Crippen molar-refractivity contribution < 1.29 is 9.47 Å². The second-order valence-corrected chi connectivity index (χ2v) is 4.29. The highest BCUT2D eigenvalue weighted by Gasteiger charge is 2.11. The number of hydrogen-bond donors (Lipinski definition) is 1. The summed E-state index contributed by atoms with van der Waals surface area (Å²) >= 11 is 0. The first-order chi connectivity index (χ1) is 7.03. The number of ether oxygens (including phenoxy) is 2. The van der Waals surface area contributed by atoms with Crippen molar-refractivity contribution in [1.82, 2.24) is 0 Å². The van der Waals surface area contributed by atoms with Crippen molar-refractivity contribution in [1.29, 1.82) is 0 Å². The minimum atomic E-state index is -0.290. The van der Waals surface area contributed by atoms with E-state index in [1.54, 1.807) is 7.11 Å². The quantitative estimate of drug-likeness (QED) is 0.806. The van der Waals surface area contributed by atoms with Gasteiger partial charge in [0, 0.05) is 11.1 Å². The third kappa shape index (κ3) is 4.32. The highest BCUT2D eigenvalue weighted by Crippen LogP contribution is 2.18. The molecule has 0 aliphatic heterocycles. The van der Waals surface area contributed by atoms with Crippen LogP contribution in [0.1, 0.15) is 19.4 Å². The van der Waals surface area contributed by atoms with Gasteiger partial charge in [-0.1, -0.05) is 18.2 Å². The Morgan fingerprint density at radius 1 is 1.27 bits per heavy atom. The molecule has 0 aliphatic rings. The fourth-order valence-corrected chi connectivity index (χ4v) is 1.25. The molecule has 84 valence electrons. The summed E-state index contributed by atoms with van der Waals surface area (Å²) in [4.78, 5) is 0. The zero-order valence-electron chi connectivity index (χ0n) is 9.62. The summed E-state index contributed by atoms with van der Waals surface area (Å²) in [6.07, 6.45) is 0. The second-order valence-electron chi connectivity index (χ2n) is 4.29. The Kier molecular flexibility index (Phi) is 4.12. The molecule has 0 heterocycles. The van der Waals surface area contributed by atoms with Crippen LogP contribution in [0.4, 0.5) is 0 Å². The minimum absolute atomic E-state index is 0.290. The topological polar surface area (TPSA) is 44.5 Å². The van der Waals surface area contributed by atoms with Gasteiger partial charge in [0.05, 0.1) is 20.3 Å². The Morgan fingerprint density at radius 3 is 2.53 bits per heavy atom. The van der Waals surface area contributed by atoms with Gasteiger partial charge >= 0.3 is 0 Å². The van der Waals surface area contributed by atoms with Crippen molar-refractivity contribution in [3.05, 3.63) is 29.8 Å². The minimum Gasteiger partial charge on any atom is -0.496 e. The monoisotopic (exact) mass is 209 g/mol. The molecule has 0 unspecified atom stereocenters. The Bertz CT molecular complexity index is 305. The largest absolute Gasteiger partial charge is 0.496 e. The summed E-state index contributed by atoms with van der Waals surface area (Å²) in [6, 6.07) is 7.82. The van der Waals surface area contributed by atoms with Crippen LogP contribution in [0.3, 0.4) is 0 Å². The number of methoxy groups -OCH3 is 1. The maximum atomic E-state index is 5.81. The van der Waals surface area contributed by atoms with E-state index in [9.17, 15) is 0 Å². The van der Waals surface area contributed by atoms with E-state index in [2.05, 4.69) is 0 Å². The molecule has 0 saturated carbocycles. The number of nitrogens with two attached hydrogens (primary N) is 1. The van der Waals surface area contributed by atoms with Crippen LogP contribution >= 0.6 is 0 Å². The van der Waals surface area contributed by atoms with Gasteiger partial charge in [-0.3, -0.25) is 0 Å². The fourth-order valence-electron chi connectivity index (χ4n) is 1.25. The van der Waals surface area contributed by atoms with Crippen molar-refractivity contribution in [3.63, 3.8) is 0 Å². The maximum Gasteiger partial charge on any atom is 0.124 e. The smallest absolute Gasteiger partial charge is 0.124 e. The van der Waals surface area contributed by atoms with E-state index >= 15 is 0 Å². The van der Waals surface area contributed by atoms with Crippen LogP contribution in [0.5, 0.6) is 5.75 Å². The van der Waals surface area contributed by atoms with Gasteiger partial charge in [-0.25, -0.2) is 0 Å². The zero-order chi connectivity index (χ0) is 11.3. The molecular formula is C12H19NO2. The average molecular weight is 209 g/mol. The maximum absolute atomic E-state index is 5.81. The summed E-state index contributed by atoms with van der Waals surface area (Å²) in [5.41, 5.74) is 6.57. The molecule has 3 nitrogen and oxygen atoms in total. The van der Waals surface area contributed by atoms with Gasteiger partial charge in [0.15, 0.2) is 0 Å². The Balaban J connectivity index is 2.50. The van der Waals surface area contributed by atoms with Crippen LogP contribution in [0.2, 0.25) is 0 Å². The predicted molar refractivity (Wildman–Crippen MR) is 60.9 cm³/mol. The standard InChI is InChI=1S/C12H19NO2/c1-12(2,13)9-15-8-10-6-4-5-7-11(10)14-3/h4-7H,8-9,13H2,1-3H3. The molecule has 0 radical (unpaired) electrons. The van der Waals surface area contributed by atoms with Crippen molar-refractivity contribution in [2.75, 3.05) is 13.7 Å². The molecule has 0 saturated heterocycles. The molecule has 0 aromatic heterocycles. The first-order valence-electron chi connectivity index (χ1n) is 5.01. The molecular weight excluding hydrogens is 190 g/mol. The first-order valence-corrected chi connectivity index (χ1v) is 5.01. The van der Waals surface area contributed by atoms with Crippen LogP contribution in [-0.4, -0.2) is 19.3 Å². The van der Waals surface area contributed by atoms with E-state index in [-0.39, 0.29) is 5.54 Å². The Labute approximate surface area is 91.2 Å². The number of hydrogen-bond acceptors (Lipinski definition) is 3. The van der Waals surface area contributed by atoms with Crippen LogP contribution in [0.15, 0.2) is 24.3 Å². The van der Waals surface area contributed by atoms with E-state index in [0.29, 0.717) is 13.2 Å². The van der Waals surface area contributed by atoms with Crippen LogP contribution in [0, 0.1) is 0 Å². The first kappa shape index (κ1) is 12.0. The van der Waals surface area contributed by atoms with Crippen molar-refractivity contribution in [2.24, 2.45) is 5.73 Å². The molecule has 1 aromatic carbocycles. The molecule has 1 rings (SSSR count). The van der Waals surface area contributed by atoms with Crippen LogP contribution < -0.4 is 10.5 Å². The summed E-state index contributed by atoms with van der Waals surface area (Å²) in [5.74, 6) is 0.854. The highest BCUT2D eigenvalue weighted by molar-refractivity contribution is 5.32. The highest BCUT2D eigenvalue weighted by atomic mass is 16.5. The molecule has 0 atom stereocenters. The fraction of sp³-hybridized carbons (Fsp3) is 0.500. The molecule has 0 spiro atoms. The van der Waals surface area contributed by atoms with E-state index < -0.39 is 0 Å². The van der Waals surface area contributed by atoms with E-state index in [4.69, 9.17) is 15.2 Å². The average Bonchev–Trinajstić information content (AvgIpc) is 2.16. The third-order valence-electron chi connectivity index (χ3n) is 1.92. The second kappa shape index (κ2) is 5.14. The molecule has 0 aliphatic carbocycles. The Morgan fingerprint density at radius 2 is 1.93 bits per heavy atom. The molecule has 0 bridgehead atoms. The zero-order valence-corrected chi connectivity index (χ0v) is 9.62. The van der Waals surface area contributed by atoms with Gasteiger partial charge in [0.25, 0.3) is 0 Å². The van der Waals surface area contributed by atoms with Crippen molar-refractivity contribution in [2.45, 2.75) is 26.0 Å². The third-order valence-corrected chi connectivity index (χ3v) is 1.92. The lowest BCUT2D eigenvalue weighted by Crippen LogP contribution is -2.37. The number of para-hydroxylation sites is 1. The summed E-state index contributed by atoms with van der Waals surface area (Å²) < 4.78 is 10.7. The normalized spacial score (nSPS) is 11.5. The predicted octanol–water partition coefficient (Wildman–Crippen LogP) is 1.95. The number of benzene rings is 1. The lowest BCUT2D eigenvalue weighted by atomic mass is 10.1. The lowest BCUT2D eigenvalue weighted by Gasteiger charge is -2.18. The van der Waals surface area contributed by atoms with Gasteiger partial charge in [0.1, 0.15) is 5.75 Å². The van der Waals surface area contributed by atoms with Gasteiger partial charge < -0.3 is 15.2 Å². The van der Waals surface area contributed by atoms with E-state index in [1.165, 1.54) is 0 Å². The molecule has 0 fully saturated rings. The van der Waals surface area contributed by atoms with Gasteiger partial charge in [-0.05, 0) is 19.9 Å². The number of rotatable bonds is 5. The summed E-state index contributed by atoms with van der Waals surface area (Å²) in [6.45, 7) is 4.94. The summed E-state index contributed by atoms with van der Waals surface area (Å²) in [5, 5.41) is 0. The van der Waals surface area contributed by atoms with Gasteiger partial charge in [-0.2, -0.15) is 0 Å². The lowest BCUT2D eigenvalue weighted by molar-refractivity contribution is 0.0837. The van der Waals surface area contributed by atoms with E-state index in [0.717, 1.165) is 11.3 Å². The van der Waals surface area contributed by atoms with Crippen molar-refractivity contribution >= 4 is 0 Å². The summed E-state index contributed by atoms with van der Waals surface area (Å²) in [7, 11) is 1.66. The van der Waals surface area contributed by atoms with E-state index in [1.807, 2.05) is 38.1 Å². The van der Waals surface area contributed by atoms with Gasteiger partial charge in [-0.15, -0.1) is 0 Å². The Hall–Kier alpha value is -1.06. The van der Waals surface area contributed by atoms with Crippen molar-refractivity contribution in [3.8, 4) is 5.75 Å². The van der Waals surface area contributed by atoms with Gasteiger partial charge in [0.2, 0.25) is 0 Å². The molecule has 3 heteroatoms. The molecule has 15 heavy (non-hydrogen) atoms. The molecule has 0 amide bonds. The van der Waals surface area contributed by atoms with Crippen LogP contribution in [-0.2, 0) is 11.3 Å². The van der Waals surface area contributed by atoms with Crippen LogP contribution in [0.25, 0.3) is 0 Å².